The zero-order valence-corrected chi connectivity index (χ0v) is 18.3. The van der Waals surface area contributed by atoms with Crippen LogP contribution >= 0.6 is 0 Å². The Bertz CT molecular complexity index is 867. The van der Waals surface area contributed by atoms with Crippen LogP contribution in [0.5, 0.6) is 0 Å². The van der Waals surface area contributed by atoms with Crippen molar-refractivity contribution in [2.45, 2.75) is 63.6 Å². The first-order valence-corrected chi connectivity index (χ1v) is 10.2. The summed E-state index contributed by atoms with van der Waals surface area (Å²) < 4.78 is 18.5. The summed E-state index contributed by atoms with van der Waals surface area (Å²) in [5.41, 5.74) is 5.10. The van der Waals surface area contributed by atoms with Crippen molar-refractivity contribution < 1.29 is 28.6 Å². The second kappa shape index (κ2) is 9.46. The first kappa shape index (κ1) is 24.0. The number of rotatable bonds is 6. The van der Waals surface area contributed by atoms with Gasteiger partial charge in [0, 0.05) is 13.6 Å². The van der Waals surface area contributed by atoms with Gasteiger partial charge in [-0.25, -0.2) is 15.2 Å². The number of nitrogens with zero attached hydrogens (tertiary/aromatic N) is 1. The van der Waals surface area contributed by atoms with Gasteiger partial charge in [-0.2, -0.15) is 0 Å². The van der Waals surface area contributed by atoms with Gasteiger partial charge in [0.2, 0.25) is 12.1 Å². The highest BCUT2D eigenvalue weighted by Gasteiger charge is 2.48. The number of likely N-dealkylation sites (N-methyl/N-ethyl adjacent to an activating group) is 1. The SMILES string of the molecule is CC1NNC(C(=O)NC(C)(C)C2NC(C(=O)NCc3ccc(F)cc3)C(O)C(=O)N2C)O1. The van der Waals surface area contributed by atoms with E-state index in [2.05, 4.69) is 26.8 Å². The standard InChI is InChI=1S/C20H29FN6O5/c1-10-25-26-17(32-10)16(30)24-20(2,3)19-23-13(14(28)18(31)27(19)4)15(29)22-9-11-5-7-12(21)8-6-11/h5-8,10,13-14,17,19,23,25-26,28H,9H2,1-4H3,(H,22,29)(H,24,30). The third-order valence-corrected chi connectivity index (χ3v) is 5.43. The monoisotopic (exact) mass is 452 g/mol. The largest absolute Gasteiger partial charge is 0.381 e. The molecule has 12 heteroatoms. The maximum Gasteiger partial charge on any atom is 0.266 e. The first-order chi connectivity index (χ1) is 15.0. The Morgan fingerprint density at radius 2 is 1.88 bits per heavy atom. The molecule has 0 bridgehead atoms. The molecule has 176 valence electrons. The number of hydrogen-bond acceptors (Lipinski definition) is 8. The lowest BCUT2D eigenvalue weighted by atomic mass is 9.93. The molecule has 3 rings (SSSR count). The molecule has 0 spiro atoms. The van der Waals surface area contributed by atoms with E-state index in [1.165, 1.54) is 36.2 Å². The Balaban J connectivity index is 1.68. The van der Waals surface area contributed by atoms with Gasteiger partial charge in [0.25, 0.3) is 11.8 Å². The van der Waals surface area contributed by atoms with Crippen LogP contribution in [0.3, 0.4) is 0 Å². The van der Waals surface area contributed by atoms with E-state index >= 15 is 0 Å². The molecule has 0 radical (unpaired) electrons. The van der Waals surface area contributed by atoms with Crippen LogP contribution in [-0.4, -0.2) is 71.1 Å². The second-order valence-corrected chi connectivity index (χ2v) is 8.44. The van der Waals surface area contributed by atoms with Crippen LogP contribution in [0.15, 0.2) is 24.3 Å². The number of carbonyl (C=O) groups is 3. The van der Waals surface area contributed by atoms with Crippen molar-refractivity contribution in [3.63, 3.8) is 0 Å². The quantitative estimate of drug-likeness (QED) is 0.298. The van der Waals surface area contributed by atoms with Gasteiger partial charge in [-0.05, 0) is 38.5 Å². The van der Waals surface area contributed by atoms with E-state index in [1.807, 2.05) is 0 Å². The molecule has 11 nitrogen and oxygen atoms in total. The molecule has 2 aliphatic heterocycles. The zero-order valence-electron chi connectivity index (χ0n) is 18.3. The summed E-state index contributed by atoms with van der Waals surface area (Å²) in [6, 6.07) is 4.34. The number of aliphatic hydroxyl groups is 1. The van der Waals surface area contributed by atoms with Crippen LogP contribution < -0.4 is 26.8 Å². The summed E-state index contributed by atoms with van der Waals surface area (Å²) in [5.74, 6) is -2.12. The van der Waals surface area contributed by atoms with E-state index < -0.39 is 53.6 Å². The predicted molar refractivity (Wildman–Crippen MR) is 111 cm³/mol. The number of halogens is 1. The minimum atomic E-state index is -1.61. The van der Waals surface area contributed by atoms with Crippen LogP contribution in [0, 0.1) is 5.82 Å². The molecule has 1 aromatic rings. The van der Waals surface area contributed by atoms with Crippen LogP contribution in [0.1, 0.15) is 26.3 Å². The Morgan fingerprint density at radius 1 is 1.22 bits per heavy atom. The summed E-state index contributed by atoms with van der Waals surface area (Å²) in [6.45, 7) is 5.19. The number of amides is 3. The fourth-order valence-corrected chi connectivity index (χ4v) is 3.71. The summed E-state index contributed by atoms with van der Waals surface area (Å²) in [5, 5.41) is 18.8. The number of hydrogen-bond donors (Lipinski definition) is 6. The summed E-state index contributed by atoms with van der Waals surface area (Å²) in [7, 11) is 1.47. The van der Waals surface area contributed by atoms with Crippen molar-refractivity contribution in [2.24, 2.45) is 0 Å². The number of benzene rings is 1. The highest BCUT2D eigenvalue weighted by Crippen LogP contribution is 2.21. The maximum absolute atomic E-state index is 13.1. The lowest BCUT2D eigenvalue weighted by Crippen LogP contribution is -2.75. The van der Waals surface area contributed by atoms with Gasteiger partial charge < -0.3 is 25.4 Å². The molecule has 32 heavy (non-hydrogen) atoms. The molecule has 0 aliphatic carbocycles. The number of hydrazine groups is 1. The minimum Gasteiger partial charge on any atom is -0.381 e. The van der Waals surface area contributed by atoms with Gasteiger partial charge in [0.05, 0.1) is 5.54 Å². The van der Waals surface area contributed by atoms with Crippen LogP contribution in [0.2, 0.25) is 0 Å². The third kappa shape index (κ3) is 5.22. The lowest BCUT2D eigenvalue weighted by Gasteiger charge is -2.47. The van der Waals surface area contributed by atoms with E-state index in [-0.39, 0.29) is 12.8 Å². The average molecular weight is 452 g/mol. The topological polar surface area (TPSA) is 144 Å². The smallest absolute Gasteiger partial charge is 0.266 e. The number of aliphatic hydroxyl groups excluding tert-OH is 1. The second-order valence-electron chi connectivity index (χ2n) is 8.44. The van der Waals surface area contributed by atoms with Gasteiger partial charge in [-0.1, -0.05) is 12.1 Å². The number of ether oxygens (including phenoxy) is 1. The summed E-state index contributed by atoms with van der Waals surface area (Å²) in [6.07, 6.45) is -3.69. The van der Waals surface area contributed by atoms with Gasteiger partial charge >= 0.3 is 0 Å². The van der Waals surface area contributed by atoms with Crippen molar-refractivity contribution in [3.05, 3.63) is 35.6 Å². The van der Waals surface area contributed by atoms with Gasteiger partial charge in [-0.3, -0.25) is 19.7 Å². The van der Waals surface area contributed by atoms with E-state index in [0.717, 1.165) is 0 Å². The highest BCUT2D eigenvalue weighted by molar-refractivity contribution is 5.93. The summed E-state index contributed by atoms with van der Waals surface area (Å²) in [4.78, 5) is 39.2. The Morgan fingerprint density at radius 3 is 2.47 bits per heavy atom. The van der Waals surface area contributed by atoms with E-state index in [0.29, 0.717) is 5.56 Å². The molecule has 5 atom stereocenters. The van der Waals surface area contributed by atoms with Crippen molar-refractivity contribution in [1.29, 1.82) is 0 Å². The van der Waals surface area contributed by atoms with E-state index in [1.54, 1.807) is 20.8 Å². The fourth-order valence-electron chi connectivity index (χ4n) is 3.71. The fraction of sp³-hybridized carbons (Fsp3) is 0.550. The first-order valence-electron chi connectivity index (χ1n) is 10.2. The molecular formula is C20H29FN6O5. The third-order valence-electron chi connectivity index (χ3n) is 5.43. The number of nitrogens with one attached hydrogen (secondary N) is 5. The van der Waals surface area contributed by atoms with Gasteiger partial charge in [0.15, 0.2) is 6.10 Å². The Labute approximate surface area is 185 Å². The molecule has 6 N–H and O–H groups in total. The molecule has 1 aromatic carbocycles. The van der Waals surface area contributed by atoms with Crippen molar-refractivity contribution in [1.82, 2.24) is 31.7 Å². The van der Waals surface area contributed by atoms with Crippen molar-refractivity contribution in [2.75, 3.05) is 7.05 Å². The lowest BCUT2D eigenvalue weighted by molar-refractivity contribution is -0.157. The van der Waals surface area contributed by atoms with Crippen molar-refractivity contribution in [3.8, 4) is 0 Å². The summed E-state index contributed by atoms with van der Waals surface area (Å²) >= 11 is 0. The highest BCUT2D eigenvalue weighted by atomic mass is 19.1. The number of carbonyl (C=O) groups excluding carboxylic acids is 3. The van der Waals surface area contributed by atoms with E-state index in [9.17, 15) is 23.9 Å². The predicted octanol–water partition coefficient (Wildman–Crippen LogP) is -1.75. The average Bonchev–Trinajstić information content (AvgIpc) is 3.17. The molecular weight excluding hydrogens is 423 g/mol. The van der Waals surface area contributed by atoms with Crippen LogP contribution in [-0.2, 0) is 25.7 Å². The molecule has 3 amide bonds. The minimum absolute atomic E-state index is 0.0920. The zero-order chi connectivity index (χ0) is 23.6. The van der Waals surface area contributed by atoms with Gasteiger partial charge in [0.1, 0.15) is 24.3 Å². The molecule has 0 saturated carbocycles. The normalized spacial score (nSPS) is 28.5. The molecule has 2 saturated heterocycles. The Kier molecular flexibility index (Phi) is 7.10. The molecule has 2 aliphatic rings. The Hall–Kier alpha value is -2.64. The van der Waals surface area contributed by atoms with Gasteiger partial charge in [-0.15, -0.1) is 0 Å². The van der Waals surface area contributed by atoms with Crippen molar-refractivity contribution >= 4 is 17.7 Å². The van der Waals surface area contributed by atoms with Crippen LogP contribution in [0.25, 0.3) is 0 Å². The maximum atomic E-state index is 13.1. The van der Waals surface area contributed by atoms with Crippen LogP contribution in [0.4, 0.5) is 4.39 Å². The molecule has 2 heterocycles. The molecule has 5 unspecified atom stereocenters. The molecule has 0 aromatic heterocycles. The molecule has 2 fully saturated rings. The van der Waals surface area contributed by atoms with E-state index in [4.69, 9.17) is 4.74 Å².